The summed E-state index contributed by atoms with van der Waals surface area (Å²) in [7, 11) is 5.63. The molecule has 0 radical (unpaired) electrons. The van der Waals surface area contributed by atoms with E-state index in [1.165, 1.54) is 10.6 Å². The fraction of sp³-hybridized carbons (Fsp3) is 0.364. The highest BCUT2D eigenvalue weighted by Crippen LogP contribution is 2.36. The molecule has 0 saturated carbocycles. The topological polar surface area (TPSA) is 54.4 Å². The first-order chi connectivity index (χ1) is 13.5. The van der Waals surface area contributed by atoms with Gasteiger partial charge in [0.05, 0.1) is 18.9 Å². The lowest BCUT2D eigenvalue weighted by atomic mass is 9.98. The van der Waals surface area contributed by atoms with Gasteiger partial charge in [0.2, 0.25) is 6.41 Å². The van der Waals surface area contributed by atoms with Crippen LogP contribution in [0.3, 0.4) is 0 Å². The van der Waals surface area contributed by atoms with Gasteiger partial charge in [-0.3, -0.25) is 4.79 Å². The van der Waals surface area contributed by atoms with Crippen molar-refractivity contribution in [2.45, 2.75) is 19.4 Å². The highest BCUT2D eigenvalue weighted by Gasteiger charge is 2.29. The largest absolute Gasteiger partial charge is 0.493 e. The monoisotopic (exact) mass is 381 g/mol. The third-order valence-corrected chi connectivity index (χ3v) is 4.80. The van der Waals surface area contributed by atoms with E-state index in [0.717, 1.165) is 29.8 Å². The number of hydrogen-bond donors (Lipinski definition) is 0. The van der Waals surface area contributed by atoms with Crippen LogP contribution in [0.25, 0.3) is 0 Å². The lowest BCUT2D eigenvalue weighted by molar-refractivity contribution is -0.119. The van der Waals surface area contributed by atoms with Crippen molar-refractivity contribution < 1.29 is 14.3 Å². The summed E-state index contributed by atoms with van der Waals surface area (Å²) in [4.78, 5) is 13.7. The van der Waals surface area contributed by atoms with Crippen molar-refractivity contribution >= 4 is 12.1 Å². The van der Waals surface area contributed by atoms with Gasteiger partial charge >= 0.3 is 0 Å². The van der Waals surface area contributed by atoms with Crippen molar-refractivity contribution in [1.29, 1.82) is 0 Å². The maximum absolute atomic E-state index is 11.6. The zero-order valence-corrected chi connectivity index (χ0v) is 16.9. The van der Waals surface area contributed by atoms with E-state index in [1.807, 2.05) is 44.4 Å². The van der Waals surface area contributed by atoms with Crippen molar-refractivity contribution in [3.8, 4) is 11.5 Å². The van der Waals surface area contributed by atoms with E-state index >= 15 is 0 Å². The second-order valence-electron chi connectivity index (χ2n) is 7.18. The number of ether oxygens (including phenoxy) is 2. The maximum Gasteiger partial charge on any atom is 0.230 e. The van der Waals surface area contributed by atoms with Crippen LogP contribution in [0.1, 0.15) is 29.2 Å². The van der Waals surface area contributed by atoms with E-state index in [-0.39, 0.29) is 6.04 Å². The normalized spacial score (nSPS) is 16.2. The summed E-state index contributed by atoms with van der Waals surface area (Å²) in [6, 6.07) is 13.8. The molecular formula is C22H27N3O3. The van der Waals surface area contributed by atoms with Gasteiger partial charge in [-0.05, 0) is 44.3 Å². The van der Waals surface area contributed by atoms with Gasteiger partial charge in [0.25, 0.3) is 0 Å². The van der Waals surface area contributed by atoms with Crippen LogP contribution in [-0.2, 0) is 4.79 Å². The minimum atomic E-state index is -0.154. The number of rotatable bonds is 8. The maximum atomic E-state index is 11.6. The Balaban J connectivity index is 1.78. The van der Waals surface area contributed by atoms with Gasteiger partial charge in [0.15, 0.2) is 11.5 Å². The van der Waals surface area contributed by atoms with Gasteiger partial charge in [0.1, 0.15) is 6.61 Å². The predicted octanol–water partition coefficient (Wildman–Crippen LogP) is 3.25. The second kappa shape index (κ2) is 8.89. The van der Waals surface area contributed by atoms with E-state index in [4.69, 9.17) is 9.47 Å². The smallest absolute Gasteiger partial charge is 0.230 e. The molecule has 2 aromatic carbocycles. The molecule has 0 aromatic heterocycles. The van der Waals surface area contributed by atoms with Crippen LogP contribution < -0.4 is 9.47 Å². The highest BCUT2D eigenvalue weighted by atomic mass is 16.5. The standard InChI is InChI=1S/C22H27N3O3/c1-16-5-7-17(8-6-16)19-14-20(25(15-26)23-19)18-9-10-21(22(13-18)27-4)28-12-11-24(2)3/h5-10,13,15,20H,11-12,14H2,1-4H3. The predicted molar refractivity (Wildman–Crippen MR) is 110 cm³/mol. The Labute approximate surface area is 166 Å². The second-order valence-corrected chi connectivity index (χ2v) is 7.18. The van der Waals surface area contributed by atoms with Crippen LogP contribution in [0, 0.1) is 6.92 Å². The zero-order chi connectivity index (χ0) is 20.1. The Morgan fingerprint density at radius 3 is 2.57 bits per heavy atom. The molecule has 0 spiro atoms. The van der Waals surface area contributed by atoms with E-state index in [1.54, 1.807) is 7.11 Å². The number of likely N-dealkylation sites (N-methyl/N-ethyl adjacent to an activating group) is 1. The minimum Gasteiger partial charge on any atom is -0.493 e. The first kappa shape index (κ1) is 19.9. The van der Waals surface area contributed by atoms with Crippen molar-refractivity contribution in [3.05, 3.63) is 59.2 Å². The fourth-order valence-electron chi connectivity index (χ4n) is 3.16. The number of nitrogens with zero attached hydrogens (tertiary/aromatic N) is 3. The molecule has 148 valence electrons. The molecule has 1 aliphatic rings. The lowest BCUT2D eigenvalue weighted by Crippen LogP contribution is -2.20. The molecule has 0 bridgehead atoms. The molecule has 1 unspecified atom stereocenters. The molecular weight excluding hydrogens is 354 g/mol. The van der Waals surface area contributed by atoms with Gasteiger partial charge < -0.3 is 14.4 Å². The molecule has 6 heteroatoms. The number of methoxy groups -OCH3 is 1. The molecule has 6 nitrogen and oxygen atoms in total. The molecule has 1 amide bonds. The number of carbonyl (C=O) groups is 1. The zero-order valence-electron chi connectivity index (χ0n) is 16.9. The van der Waals surface area contributed by atoms with Crippen LogP contribution in [0.5, 0.6) is 11.5 Å². The van der Waals surface area contributed by atoms with E-state index in [2.05, 4.69) is 29.1 Å². The van der Waals surface area contributed by atoms with Gasteiger partial charge in [-0.25, -0.2) is 5.01 Å². The molecule has 3 rings (SSSR count). The molecule has 2 aromatic rings. The van der Waals surface area contributed by atoms with Crippen LogP contribution >= 0.6 is 0 Å². The Morgan fingerprint density at radius 2 is 1.93 bits per heavy atom. The fourth-order valence-corrected chi connectivity index (χ4v) is 3.16. The summed E-state index contributed by atoms with van der Waals surface area (Å²) in [6.45, 7) is 3.45. The summed E-state index contributed by atoms with van der Waals surface area (Å²) in [6.07, 6.45) is 1.44. The lowest BCUT2D eigenvalue weighted by Gasteiger charge is -2.19. The third kappa shape index (κ3) is 4.51. The summed E-state index contributed by atoms with van der Waals surface area (Å²) in [5, 5.41) is 6.00. The molecule has 1 atom stereocenters. The number of amides is 1. The Hall–Kier alpha value is -2.86. The average Bonchev–Trinajstić information content (AvgIpc) is 3.13. The van der Waals surface area contributed by atoms with Crippen LogP contribution in [0.2, 0.25) is 0 Å². The molecule has 1 heterocycles. The molecule has 0 fully saturated rings. The summed E-state index contributed by atoms with van der Waals surface area (Å²) < 4.78 is 11.3. The quantitative estimate of drug-likeness (QED) is 0.659. The van der Waals surface area contributed by atoms with Crippen LogP contribution in [0.15, 0.2) is 47.6 Å². The number of aryl methyl sites for hydroxylation is 1. The number of carbonyl (C=O) groups excluding carboxylic acids is 1. The van der Waals surface area contributed by atoms with Gasteiger partial charge in [-0.1, -0.05) is 35.9 Å². The van der Waals surface area contributed by atoms with Gasteiger partial charge in [0, 0.05) is 13.0 Å². The number of benzene rings is 2. The summed E-state index contributed by atoms with van der Waals surface area (Å²) >= 11 is 0. The number of hydrogen-bond acceptors (Lipinski definition) is 5. The summed E-state index contributed by atoms with van der Waals surface area (Å²) in [5.41, 5.74) is 4.11. The van der Waals surface area contributed by atoms with Crippen LogP contribution in [-0.4, -0.2) is 56.4 Å². The Morgan fingerprint density at radius 1 is 1.18 bits per heavy atom. The summed E-state index contributed by atoms with van der Waals surface area (Å²) in [5.74, 6) is 1.36. The van der Waals surface area contributed by atoms with Crippen LogP contribution in [0.4, 0.5) is 0 Å². The van der Waals surface area contributed by atoms with E-state index in [0.29, 0.717) is 24.5 Å². The third-order valence-electron chi connectivity index (χ3n) is 4.80. The highest BCUT2D eigenvalue weighted by molar-refractivity contribution is 6.02. The molecule has 0 aliphatic carbocycles. The molecule has 0 saturated heterocycles. The van der Waals surface area contributed by atoms with E-state index < -0.39 is 0 Å². The first-order valence-electron chi connectivity index (χ1n) is 9.35. The average molecular weight is 381 g/mol. The number of hydrazone groups is 1. The first-order valence-corrected chi connectivity index (χ1v) is 9.35. The Kier molecular flexibility index (Phi) is 6.31. The molecule has 0 N–H and O–H groups in total. The Bertz CT molecular complexity index is 847. The van der Waals surface area contributed by atoms with Gasteiger partial charge in [-0.2, -0.15) is 5.10 Å². The van der Waals surface area contributed by atoms with Crippen molar-refractivity contribution in [1.82, 2.24) is 9.91 Å². The van der Waals surface area contributed by atoms with Crippen molar-refractivity contribution in [2.75, 3.05) is 34.4 Å². The minimum absolute atomic E-state index is 0.154. The van der Waals surface area contributed by atoms with E-state index in [9.17, 15) is 4.79 Å². The molecule has 1 aliphatic heterocycles. The van der Waals surface area contributed by atoms with Crippen molar-refractivity contribution in [3.63, 3.8) is 0 Å². The van der Waals surface area contributed by atoms with Crippen molar-refractivity contribution in [2.24, 2.45) is 5.10 Å². The molecule has 28 heavy (non-hydrogen) atoms. The van der Waals surface area contributed by atoms with Gasteiger partial charge in [-0.15, -0.1) is 0 Å². The SMILES string of the molecule is COc1cc(C2CC(c3ccc(C)cc3)=NN2C=O)ccc1OCCN(C)C.